The number of carbonyl (C=O) groups is 1. The van der Waals surface area contributed by atoms with Gasteiger partial charge in [0, 0.05) is 38.9 Å². The topological polar surface area (TPSA) is 76.1 Å². The van der Waals surface area contributed by atoms with Crippen LogP contribution in [0.2, 0.25) is 0 Å². The van der Waals surface area contributed by atoms with Crippen molar-refractivity contribution in [1.82, 2.24) is 14.3 Å². The first kappa shape index (κ1) is 16.6. The molecule has 7 nitrogen and oxygen atoms in total. The van der Waals surface area contributed by atoms with Gasteiger partial charge in [-0.15, -0.1) is 0 Å². The normalized spacial score (nSPS) is 15.8. The summed E-state index contributed by atoms with van der Waals surface area (Å²) in [5, 5.41) is 0. The lowest BCUT2D eigenvalue weighted by Crippen LogP contribution is -2.50. The number of amides is 1. The van der Waals surface area contributed by atoms with Crippen molar-refractivity contribution in [2.45, 2.75) is 32.9 Å². The van der Waals surface area contributed by atoms with Gasteiger partial charge in [-0.3, -0.25) is 4.40 Å². The van der Waals surface area contributed by atoms with Gasteiger partial charge < -0.3 is 20.3 Å². The third-order valence-corrected chi connectivity index (χ3v) is 3.99. The second kappa shape index (κ2) is 6.32. The van der Waals surface area contributed by atoms with Crippen LogP contribution in [0.1, 0.15) is 26.5 Å². The van der Waals surface area contributed by atoms with Crippen molar-refractivity contribution in [3.8, 4) is 0 Å². The molecule has 2 aromatic rings. The van der Waals surface area contributed by atoms with E-state index in [1.165, 1.54) is 0 Å². The molecule has 3 heterocycles. The molecule has 0 aliphatic carbocycles. The lowest BCUT2D eigenvalue weighted by molar-refractivity contribution is 0.0240. The van der Waals surface area contributed by atoms with Gasteiger partial charge in [0.2, 0.25) is 0 Å². The van der Waals surface area contributed by atoms with E-state index in [0.29, 0.717) is 19.6 Å². The average molecular weight is 331 g/mol. The highest BCUT2D eigenvalue weighted by atomic mass is 16.6. The molecule has 0 spiro atoms. The number of aromatic nitrogens is 2. The van der Waals surface area contributed by atoms with Gasteiger partial charge in [0.15, 0.2) is 0 Å². The lowest BCUT2D eigenvalue weighted by atomic mass is 10.2. The fourth-order valence-electron chi connectivity index (χ4n) is 2.85. The van der Waals surface area contributed by atoms with Crippen LogP contribution < -0.4 is 10.6 Å². The number of nitrogens with zero attached hydrogens (tertiary/aromatic N) is 4. The van der Waals surface area contributed by atoms with E-state index in [-0.39, 0.29) is 6.09 Å². The smallest absolute Gasteiger partial charge is 0.410 e. The summed E-state index contributed by atoms with van der Waals surface area (Å²) in [6.07, 6.45) is 1.73. The number of pyridine rings is 1. The molecule has 0 saturated carbocycles. The van der Waals surface area contributed by atoms with Crippen molar-refractivity contribution >= 4 is 17.6 Å². The second-order valence-corrected chi connectivity index (χ2v) is 7.00. The number of hydrogen-bond acceptors (Lipinski definition) is 5. The van der Waals surface area contributed by atoms with Gasteiger partial charge >= 0.3 is 6.09 Å². The van der Waals surface area contributed by atoms with E-state index in [9.17, 15) is 4.79 Å². The van der Waals surface area contributed by atoms with Gasteiger partial charge in [0.05, 0.1) is 5.69 Å². The Morgan fingerprint density at radius 3 is 2.58 bits per heavy atom. The van der Waals surface area contributed by atoms with Crippen molar-refractivity contribution in [3.63, 3.8) is 0 Å². The number of ether oxygens (including phenoxy) is 1. The zero-order chi connectivity index (χ0) is 17.3. The van der Waals surface area contributed by atoms with Crippen LogP contribution in [0.3, 0.4) is 0 Å². The highest BCUT2D eigenvalue weighted by molar-refractivity contribution is 5.68. The Labute approximate surface area is 142 Å². The Morgan fingerprint density at radius 2 is 1.96 bits per heavy atom. The molecule has 0 aromatic carbocycles. The molecule has 0 radical (unpaired) electrons. The summed E-state index contributed by atoms with van der Waals surface area (Å²) < 4.78 is 7.51. The molecule has 1 aliphatic heterocycles. The highest BCUT2D eigenvalue weighted by Gasteiger charge is 2.26. The van der Waals surface area contributed by atoms with Crippen LogP contribution in [-0.2, 0) is 11.3 Å². The Morgan fingerprint density at radius 1 is 1.25 bits per heavy atom. The van der Waals surface area contributed by atoms with Crippen LogP contribution in [0.4, 0.5) is 10.6 Å². The van der Waals surface area contributed by atoms with Crippen molar-refractivity contribution < 1.29 is 9.53 Å². The number of rotatable bonds is 2. The fourth-order valence-corrected chi connectivity index (χ4v) is 2.85. The van der Waals surface area contributed by atoms with E-state index in [2.05, 4.69) is 20.4 Å². The third-order valence-electron chi connectivity index (χ3n) is 3.99. The van der Waals surface area contributed by atoms with Gasteiger partial charge in [-0.2, -0.15) is 0 Å². The number of nitrogens with two attached hydrogens (primary N) is 1. The van der Waals surface area contributed by atoms with E-state index in [4.69, 9.17) is 10.5 Å². The minimum absolute atomic E-state index is 0.242. The van der Waals surface area contributed by atoms with Crippen molar-refractivity contribution in [1.29, 1.82) is 0 Å². The first-order chi connectivity index (χ1) is 11.4. The van der Waals surface area contributed by atoms with E-state index < -0.39 is 5.60 Å². The SMILES string of the molecule is CC(C)(C)OC(=O)N1CCN(c2cccc3nc(CN)cn23)CC1. The summed E-state index contributed by atoms with van der Waals surface area (Å²) in [7, 11) is 0. The lowest BCUT2D eigenvalue weighted by Gasteiger charge is -2.36. The minimum atomic E-state index is -0.463. The maximum atomic E-state index is 12.2. The predicted octanol–water partition coefficient (Wildman–Crippen LogP) is 1.85. The first-order valence-electron chi connectivity index (χ1n) is 8.27. The second-order valence-electron chi connectivity index (χ2n) is 7.00. The number of piperazine rings is 1. The van der Waals surface area contributed by atoms with E-state index >= 15 is 0 Å². The molecule has 0 unspecified atom stereocenters. The molecule has 24 heavy (non-hydrogen) atoms. The Kier molecular flexibility index (Phi) is 4.36. The average Bonchev–Trinajstić information content (AvgIpc) is 2.96. The molecule has 7 heteroatoms. The molecular formula is C17H25N5O2. The molecule has 1 amide bonds. The summed E-state index contributed by atoms with van der Waals surface area (Å²) in [6, 6.07) is 6.04. The molecule has 2 aromatic heterocycles. The summed E-state index contributed by atoms with van der Waals surface area (Å²) in [6.45, 7) is 8.88. The van der Waals surface area contributed by atoms with Crippen LogP contribution in [-0.4, -0.2) is 52.2 Å². The molecule has 2 N–H and O–H groups in total. The molecule has 1 saturated heterocycles. The summed E-state index contributed by atoms with van der Waals surface area (Å²) in [4.78, 5) is 20.7. The number of carbonyl (C=O) groups excluding carboxylic acids is 1. The van der Waals surface area contributed by atoms with E-state index in [1.54, 1.807) is 4.90 Å². The zero-order valence-electron chi connectivity index (χ0n) is 14.5. The van der Waals surface area contributed by atoms with Crippen molar-refractivity contribution in [3.05, 3.63) is 30.1 Å². The van der Waals surface area contributed by atoms with Gasteiger partial charge in [0.25, 0.3) is 0 Å². The standard InChI is InChI=1S/C17H25N5O2/c1-17(2,3)24-16(23)21-9-7-20(8-10-21)15-6-4-5-14-19-13(11-18)12-22(14)15/h4-6,12H,7-11,18H2,1-3H3. The molecule has 1 fully saturated rings. The Balaban J connectivity index is 1.71. The number of hydrogen-bond donors (Lipinski definition) is 1. The Bertz CT molecular complexity index is 726. The number of fused-ring (bicyclic) bond motifs is 1. The molecule has 3 rings (SSSR count). The molecule has 0 atom stereocenters. The van der Waals surface area contributed by atoms with E-state index in [1.807, 2.05) is 39.1 Å². The predicted molar refractivity (Wildman–Crippen MR) is 93.1 cm³/mol. The van der Waals surface area contributed by atoms with Crippen LogP contribution in [0.5, 0.6) is 0 Å². The molecule has 0 bridgehead atoms. The number of anilines is 1. The maximum Gasteiger partial charge on any atom is 0.410 e. The van der Waals surface area contributed by atoms with Gasteiger partial charge in [-0.25, -0.2) is 9.78 Å². The van der Waals surface area contributed by atoms with Crippen LogP contribution in [0.25, 0.3) is 5.65 Å². The molecule has 130 valence electrons. The summed E-state index contributed by atoms with van der Waals surface area (Å²) in [5.74, 6) is 1.07. The van der Waals surface area contributed by atoms with Crippen LogP contribution >= 0.6 is 0 Å². The van der Waals surface area contributed by atoms with Crippen molar-refractivity contribution in [2.75, 3.05) is 31.1 Å². The van der Waals surface area contributed by atoms with Gasteiger partial charge in [-0.1, -0.05) is 6.07 Å². The third kappa shape index (κ3) is 3.46. The summed E-state index contributed by atoms with van der Waals surface area (Å²) >= 11 is 0. The van der Waals surface area contributed by atoms with E-state index in [0.717, 1.165) is 30.2 Å². The fraction of sp³-hybridized carbons (Fsp3) is 0.529. The number of imidazole rings is 1. The molecular weight excluding hydrogens is 306 g/mol. The first-order valence-corrected chi connectivity index (χ1v) is 8.27. The summed E-state index contributed by atoms with van der Waals surface area (Å²) in [5.41, 5.74) is 6.99. The zero-order valence-corrected chi connectivity index (χ0v) is 14.5. The monoisotopic (exact) mass is 331 g/mol. The van der Waals surface area contributed by atoms with Crippen molar-refractivity contribution in [2.24, 2.45) is 5.73 Å². The Hall–Kier alpha value is -2.28. The van der Waals surface area contributed by atoms with Crippen LogP contribution in [0.15, 0.2) is 24.4 Å². The quantitative estimate of drug-likeness (QED) is 0.909. The van der Waals surface area contributed by atoms with Crippen LogP contribution in [0, 0.1) is 0 Å². The highest BCUT2D eigenvalue weighted by Crippen LogP contribution is 2.20. The van der Waals surface area contributed by atoms with Gasteiger partial charge in [-0.05, 0) is 32.9 Å². The maximum absolute atomic E-state index is 12.2. The van der Waals surface area contributed by atoms with Gasteiger partial charge in [0.1, 0.15) is 17.1 Å². The molecule has 1 aliphatic rings. The minimum Gasteiger partial charge on any atom is -0.444 e. The largest absolute Gasteiger partial charge is 0.444 e.